The van der Waals surface area contributed by atoms with Crippen molar-refractivity contribution in [2.45, 2.75) is 6.54 Å². The zero-order valence-electron chi connectivity index (χ0n) is 13.8. The normalized spacial score (nSPS) is 10.6. The maximum Gasteiger partial charge on any atom is 0.292 e. The van der Waals surface area contributed by atoms with Crippen LogP contribution in [0, 0.1) is 0 Å². The minimum absolute atomic E-state index is 0.227. The molecule has 4 heteroatoms. The highest BCUT2D eigenvalue weighted by atomic mass is 16.3. The number of anilines is 1. The summed E-state index contributed by atoms with van der Waals surface area (Å²) in [7, 11) is 4.04. The molecule has 0 bridgehead atoms. The number of pyridine rings is 1. The van der Waals surface area contributed by atoms with Crippen molar-refractivity contribution in [1.29, 1.82) is 0 Å². The molecule has 4 nitrogen and oxygen atoms in total. The first-order valence-electron chi connectivity index (χ1n) is 7.80. The van der Waals surface area contributed by atoms with Crippen molar-refractivity contribution in [3.8, 4) is 16.9 Å². The van der Waals surface area contributed by atoms with Crippen molar-refractivity contribution >= 4 is 5.69 Å². The van der Waals surface area contributed by atoms with E-state index in [9.17, 15) is 9.90 Å². The van der Waals surface area contributed by atoms with Crippen molar-refractivity contribution in [2.24, 2.45) is 0 Å². The summed E-state index contributed by atoms with van der Waals surface area (Å²) in [5.41, 5.74) is 4.09. The van der Waals surface area contributed by atoms with Gasteiger partial charge in [0.2, 0.25) is 0 Å². The van der Waals surface area contributed by atoms with Crippen LogP contribution in [0.25, 0.3) is 11.1 Å². The molecule has 3 rings (SSSR count). The molecule has 0 atom stereocenters. The van der Waals surface area contributed by atoms with E-state index in [0.717, 1.165) is 16.7 Å². The molecule has 0 amide bonds. The second kappa shape index (κ2) is 6.62. The first-order chi connectivity index (χ1) is 11.5. The predicted molar refractivity (Wildman–Crippen MR) is 97.7 cm³/mol. The Morgan fingerprint density at radius 2 is 1.50 bits per heavy atom. The molecule has 1 aromatic heterocycles. The van der Waals surface area contributed by atoms with Gasteiger partial charge in [-0.2, -0.15) is 0 Å². The zero-order valence-corrected chi connectivity index (χ0v) is 13.8. The Morgan fingerprint density at radius 1 is 0.917 bits per heavy atom. The SMILES string of the molecule is CN(C)c1ccc(-c2ccc(Cn3cccc(O)c3=O)cc2)cc1. The van der Waals surface area contributed by atoms with Crippen LogP contribution in [-0.2, 0) is 6.54 Å². The summed E-state index contributed by atoms with van der Waals surface area (Å²) < 4.78 is 1.50. The van der Waals surface area contributed by atoms with Crippen molar-refractivity contribution in [2.75, 3.05) is 19.0 Å². The van der Waals surface area contributed by atoms with Crippen LogP contribution in [0.3, 0.4) is 0 Å². The van der Waals surface area contributed by atoms with Crippen LogP contribution < -0.4 is 10.5 Å². The van der Waals surface area contributed by atoms with Crippen molar-refractivity contribution in [1.82, 2.24) is 4.57 Å². The summed E-state index contributed by atoms with van der Waals surface area (Å²) in [6.45, 7) is 0.438. The molecule has 3 aromatic rings. The topological polar surface area (TPSA) is 45.5 Å². The number of benzene rings is 2. The Labute approximate surface area is 141 Å². The Morgan fingerprint density at radius 3 is 2.08 bits per heavy atom. The molecule has 0 fully saturated rings. The zero-order chi connectivity index (χ0) is 17.1. The molecule has 1 N–H and O–H groups in total. The molecule has 0 aliphatic rings. The van der Waals surface area contributed by atoms with Crippen LogP contribution in [0.2, 0.25) is 0 Å². The molecule has 1 heterocycles. The molecule has 0 saturated carbocycles. The van der Waals surface area contributed by atoms with Gasteiger partial charge in [-0.3, -0.25) is 4.79 Å². The minimum Gasteiger partial charge on any atom is -0.503 e. The lowest BCUT2D eigenvalue weighted by Crippen LogP contribution is -2.18. The average Bonchev–Trinajstić information content (AvgIpc) is 2.60. The Hall–Kier alpha value is -3.01. The van der Waals surface area contributed by atoms with Gasteiger partial charge in [0, 0.05) is 26.0 Å². The fraction of sp³-hybridized carbons (Fsp3) is 0.150. The summed E-state index contributed by atoms with van der Waals surface area (Å²) in [6, 6.07) is 19.6. The molecule has 2 aromatic carbocycles. The van der Waals surface area contributed by atoms with Crippen LogP contribution in [0.5, 0.6) is 5.75 Å². The maximum atomic E-state index is 11.9. The lowest BCUT2D eigenvalue weighted by Gasteiger charge is -2.13. The van der Waals surface area contributed by atoms with E-state index in [1.54, 1.807) is 12.3 Å². The fourth-order valence-corrected chi connectivity index (χ4v) is 2.60. The highest BCUT2D eigenvalue weighted by Gasteiger charge is 2.03. The third kappa shape index (κ3) is 3.33. The highest BCUT2D eigenvalue weighted by Crippen LogP contribution is 2.23. The summed E-state index contributed by atoms with van der Waals surface area (Å²) in [4.78, 5) is 13.9. The van der Waals surface area contributed by atoms with Gasteiger partial charge in [-0.1, -0.05) is 36.4 Å². The summed E-state index contributed by atoms with van der Waals surface area (Å²) in [5.74, 6) is -0.227. The maximum absolute atomic E-state index is 11.9. The van der Waals surface area contributed by atoms with E-state index < -0.39 is 0 Å². The first-order valence-corrected chi connectivity index (χ1v) is 7.80. The second-order valence-corrected chi connectivity index (χ2v) is 5.96. The molecule has 0 aliphatic carbocycles. The van der Waals surface area contributed by atoms with Gasteiger partial charge < -0.3 is 14.6 Å². The van der Waals surface area contributed by atoms with E-state index in [2.05, 4.69) is 29.2 Å². The molecule has 0 radical (unpaired) electrons. The molecule has 0 aliphatic heterocycles. The number of hydrogen-bond donors (Lipinski definition) is 1. The fourth-order valence-electron chi connectivity index (χ4n) is 2.60. The number of aromatic nitrogens is 1. The summed E-state index contributed by atoms with van der Waals surface area (Å²) in [5, 5.41) is 9.50. The van der Waals surface area contributed by atoms with Crippen molar-refractivity contribution < 1.29 is 5.11 Å². The summed E-state index contributed by atoms with van der Waals surface area (Å²) in [6.07, 6.45) is 1.68. The standard InChI is InChI=1S/C20H20N2O2/c1-21(2)18-11-9-17(10-12-18)16-7-5-15(6-8-16)14-22-13-3-4-19(23)20(22)24/h3-13,23H,14H2,1-2H3. The lowest BCUT2D eigenvalue weighted by molar-refractivity contribution is 0.459. The molecule has 122 valence electrons. The van der Waals surface area contributed by atoms with E-state index >= 15 is 0 Å². The van der Waals surface area contributed by atoms with Crippen molar-refractivity contribution in [3.63, 3.8) is 0 Å². The quantitative estimate of drug-likeness (QED) is 0.802. The van der Waals surface area contributed by atoms with Crippen LogP contribution in [0.4, 0.5) is 5.69 Å². The van der Waals surface area contributed by atoms with Gasteiger partial charge in [-0.15, -0.1) is 0 Å². The Bertz CT molecular complexity index is 879. The van der Waals surface area contributed by atoms with E-state index in [4.69, 9.17) is 0 Å². The van der Waals surface area contributed by atoms with Gasteiger partial charge in [-0.25, -0.2) is 0 Å². The van der Waals surface area contributed by atoms with Gasteiger partial charge >= 0.3 is 0 Å². The molecule has 0 spiro atoms. The van der Waals surface area contributed by atoms with Gasteiger partial charge in [-0.05, 0) is 41.0 Å². The van der Waals surface area contributed by atoms with E-state index in [1.165, 1.54) is 16.3 Å². The lowest BCUT2D eigenvalue weighted by atomic mass is 10.0. The number of rotatable bonds is 4. The molecule has 24 heavy (non-hydrogen) atoms. The van der Waals surface area contributed by atoms with Crippen LogP contribution >= 0.6 is 0 Å². The Kier molecular flexibility index (Phi) is 4.38. The number of hydrogen-bond acceptors (Lipinski definition) is 3. The molecule has 0 unspecified atom stereocenters. The largest absolute Gasteiger partial charge is 0.503 e. The van der Waals surface area contributed by atoms with Crippen LogP contribution in [0.1, 0.15) is 5.56 Å². The smallest absolute Gasteiger partial charge is 0.292 e. The minimum atomic E-state index is -0.374. The van der Waals surface area contributed by atoms with Crippen molar-refractivity contribution in [3.05, 3.63) is 82.8 Å². The van der Waals surface area contributed by atoms with Gasteiger partial charge in [0.1, 0.15) is 0 Å². The first kappa shape index (κ1) is 15.9. The van der Waals surface area contributed by atoms with E-state index in [-0.39, 0.29) is 11.3 Å². The average molecular weight is 320 g/mol. The predicted octanol–water partition coefficient (Wildman–Crippen LogP) is 3.34. The van der Waals surface area contributed by atoms with E-state index in [0.29, 0.717) is 6.54 Å². The third-order valence-corrected chi connectivity index (χ3v) is 4.02. The highest BCUT2D eigenvalue weighted by molar-refractivity contribution is 5.66. The summed E-state index contributed by atoms with van der Waals surface area (Å²) >= 11 is 0. The van der Waals surface area contributed by atoms with Gasteiger partial charge in [0.05, 0.1) is 6.54 Å². The van der Waals surface area contributed by atoms with Gasteiger partial charge in [0.25, 0.3) is 5.56 Å². The second-order valence-electron chi connectivity index (χ2n) is 5.96. The monoisotopic (exact) mass is 320 g/mol. The molecular formula is C20H20N2O2. The van der Waals surface area contributed by atoms with Crippen LogP contribution in [-0.4, -0.2) is 23.8 Å². The third-order valence-electron chi connectivity index (χ3n) is 4.02. The number of nitrogens with zero attached hydrogens (tertiary/aromatic N) is 2. The molecular weight excluding hydrogens is 300 g/mol. The number of aromatic hydroxyl groups is 1. The Balaban J connectivity index is 1.80. The molecule has 0 saturated heterocycles. The van der Waals surface area contributed by atoms with Crippen LogP contribution in [0.15, 0.2) is 71.7 Å². The van der Waals surface area contributed by atoms with E-state index in [1.807, 2.05) is 38.4 Å². The van der Waals surface area contributed by atoms with Gasteiger partial charge in [0.15, 0.2) is 5.75 Å².